The molecule has 5 rings (SSSR count). The van der Waals surface area contributed by atoms with Crippen LogP contribution in [-0.2, 0) is 9.31 Å². The highest BCUT2D eigenvalue weighted by atomic mass is 32.1. The first kappa shape index (κ1) is 18.7. The van der Waals surface area contributed by atoms with Crippen LogP contribution in [0.3, 0.4) is 0 Å². The molecule has 0 radical (unpaired) electrons. The average Bonchev–Trinajstić information content (AvgIpc) is 3.37. The summed E-state index contributed by atoms with van der Waals surface area (Å²) in [5.41, 5.74) is 3.03. The molecule has 1 fully saturated rings. The summed E-state index contributed by atoms with van der Waals surface area (Å²) in [6.07, 6.45) is 0. The van der Waals surface area contributed by atoms with Crippen LogP contribution in [0, 0.1) is 0 Å². The van der Waals surface area contributed by atoms with E-state index in [4.69, 9.17) is 13.7 Å². The molecule has 0 spiro atoms. The summed E-state index contributed by atoms with van der Waals surface area (Å²) in [4.78, 5) is 2.38. The van der Waals surface area contributed by atoms with Crippen molar-refractivity contribution in [2.75, 3.05) is 0 Å². The van der Waals surface area contributed by atoms with Crippen LogP contribution in [0.1, 0.15) is 27.7 Å². The Bertz CT molecular complexity index is 1160. The minimum atomic E-state index is -0.537. The molecule has 146 valence electrons. The van der Waals surface area contributed by atoms with Crippen molar-refractivity contribution in [3.63, 3.8) is 0 Å². The molecular formula is C24H23BO3S. The Hall–Kier alpha value is -2.34. The molecule has 4 aromatic rings. The molecule has 5 heteroatoms. The summed E-state index contributed by atoms with van der Waals surface area (Å²) in [6, 6.07) is 22.9. The zero-order valence-corrected chi connectivity index (χ0v) is 17.9. The zero-order valence-electron chi connectivity index (χ0n) is 17.1. The molecule has 0 saturated carbocycles. The predicted octanol–water partition coefficient (Wildman–Crippen LogP) is 6.13. The molecule has 0 N–H and O–H groups in total. The van der Waals surface area contributed by atoms with Crippen LogP contribution in [0.15, 0.2) is 71.1 Å². The molecule has 0 bridgehead atoms. The minimum Gasteiger partial charge on any atom is -0.464 e. The summed E-state index contributed by atoms with van der Waals surface area (Å²) < 4.78 is 18.9. The molecule has 0 aliphatic carbocycles. The van der Waals surface area contributed by atoms with Crippen molar-refractivity contribution in [3.05, 3.63) is 66.7 Å². The van der Waals surface area contributed by atoms with Crippen molar-refractivity contribution in [2.24, 2.45) is 0 Å². The maximum Gasteiger partial charge on any atom is 0.533 e. The van der Waals surface area contributed by atoms with Gasteiger partial charge in [-0.05, 0) is 51.5 Å². The van der Waals surface area contributed by atoms with Gasteiger partial charge in [0.25, 0.3) is 0 Å². The molecule has 29 heavy (non-hydrogen) atoms. The van der Waals surface area contributed by atoms with Crippen LogP contribution in [0.4, 0.5) is 0 Å². The van der Waals surface area contributed by atoms with E-state index in [1.165, 1.54) is 10.4 Å². The quantitative estimate of drug-likeness (QED) is 0.387. The van der Waals surface area contributed by atoms with Gasteiger partial charge in [0.15, 0.2) is 0 Å². The summed E-state index contributed by atoms with van der Waals surface area (Å²) in [7, 11) is -0.537. The summed E-state index contributed by atoms with van der Waals surface area (Å²) in [5, 5.41) is 1.08. The normalized spacial score (nSPS) is 17.9. The molecule has 1 aliphatic heterocycles. The SMILES string of the molecule is CC1(C)OB(c2oc3ccccc3c2-c2ccc(-c3ccccc3)s2)OC1(C)C. The number of benzene rings is 2. The van der Waals surface area contributed by atoms with Gasteiger partial charge >= 0.3 is 7.12 Å². The lowest BCUT2D eigenvalue weighted by molar-refractivity contribution is 0.00578. The second-order valence-corrected chi connectivity index (χ2v) is 9.54. The highest BCUT2D eigenvalue weighted by Crippen LogP contribution is 2.41. The number of furan rings is 1. The zero-order chi connectivity index (χ0) is 20.2. The van der Waals surface area contributed by atoms with Crippen LogP contribution in [0.25, 0.3) is 31.9 Å². The van der Waals surface area contributed by atoms with Gasteiger partial charge in [-0.25, -0.2) is 0 Å². The van der Waals surface area contributed by atoms with Crippen LogP contribution in [0.2, 0.25) is 0 Å². The molecule has 0 amide bonds. The van der Waals surface area contributed by atoms with Crippen molar-refractivity contribution >= 4 is 35.1 Å². The average molecular weight is 402 g/mol. The van der Waals surface area contributed by atoms with E-state index in [1.54, 1.807) is 11.3 Å². The first-order valence-electron chi connectivity index (χ1n) is 9.88. The van der Waals surface area contributed by atoms with Gasteiger partial charge < -0.3 is 13.7 Å². The van der Waals surface area contributed by atoms with Gasteiger partial charge in [-0.2, -0.15) is 0 Å². The molecule has 3 heterocycles. The molecule has 2 aromatic carbocycles. The smallest absolute Gasteiger partial charge is 0.464 e. The van der Waals surface area contributed by atoms with E-state index in [2.05, 4.69) is 70.2 Å². The van der Waals surface area contributed by atoms with Crippen LogP contribution in [0.5, 0.6) is 0 Å². The Kier molecular flexibility index (Phi) is 4.25. The van der Waals surface area contributed by atoms with E-state index in [1.807, 2.05) is 24.3 Å². The minimum absolute atomic E-state index is 0.418. The highest BCUT2D eigenvalue weighted by molar-refractivity contribution is 7.19. The van der Waals surface area contributed by atoms with E-state index in [-0.39, 0.29) is 0 Å². The van der Waals surface area contributed by atoms with Gasteiger partial charge in [-0.15, -0.1) is 11.3 Å². The third-order valence-electron chi connectivity index (χ3n) is 6.00. The van der Waals surface area contributed by atoms with Crippen molar-refractivity contribution in [1.82, 2.24) is 0 Å². The van der Waals surface area contributed by atoms with E-state index in [0.717, 1.165) is 27.1 Å². The van der Waals surface area contributed by atoms with Crippen molar-refractivity contribution in [1.29, 1.82) is 0 Å². The first-order valence-corrected chi connectivity index (χ1v) is 10.7. The van der Waals surface area contributed by atoms with Crippen molar-refractivity contribution < 1.29 is 13.7 Å². The Balaban J connectivity index is 1.65. The van der Waals surface area contributed by atoms with Gasteiger partial charge in [0, 0.05) is 20.7 Å². The van der Waals surface area contributed by atoms with Crippen LogP contribution < -0.4 is 5.66 Å². The Morgan fingerprint density at radius 2 is 1.34 bits per heavy atom. The highest BCUT2D eigenvalue weighted by Gasteiger charge is 2.54. The first-order chi connectivity index (χ1) is 13.9. The van der Waals surface area contributed by atoms with E-state index < -0.39 is 18.3 Å². The lowest BCUT2D eigenvalue weighted by Crippen LogP contribution is -2.41. The fourth-order valence-electron chi connectivity index (χ4n) is 3.66. The van der Waals surface area contributed by atoms with Crippen LogP contribution >= 0.6 is 11.3 Å². The third-order valence-corrected chi connectivity index (χ3v) is 7.15. The number of para-hydroxylation sites is 1. The molecule has 1 saturated heterocycles. The number of fused-ring (bicyclic) bond motifs is 1. The largest absolute Gasteiger partial charge is 0.533 e. The molecule has 2 aromatic heterocycles. The molecule has 0 atom stereocenters. The summed E-state index contributed by atoms with van der Waals surface area (Å²) in [5.74, 6) is 0. The molecule has 3 nitrogen and oxygen atoms in total. The van der Waals surface area contributed by atoms with Crippen molar-refractivity contribution in [2.45, 2.75) is 38.9 Å². The second kappa shape index (κ2) is 6.59. The van der Waals surface area contributed by atoms with E-state index in [0.29, 0.717) is 0 Å². The van der Waals surface area contributed by atoms with Gasteiger partial charge in [-0.3, -0.25) is 0 Å². The standard InChI is InChI=1S/C24H23BO3S/c1-23(2)24(3,4)28-25(27-23)22-21(17-12-8-9-13-18(17)26-22)20-15-14-19(29-20)16-10-6-5-7-11-16/h5-15H,1-4H3. The monoisotopic (exact) mass is 402 g/mol. The fraction of sp³-hybridized carbons (Fsp3) is 0.250. The Labute approximate surface area is 175 Å². The second-order valence-electron chi connectivity index (χ2n) is 8.46. The van der Waals surface area contributed by atoms with E-state index in [9.17, 15) is 0 Å². The maximum atomic E-state index is 6.32. The molecular weight excluding hydrogens is 379 g/mol. The Morgan fingerprint density at radius 1 is 0.724 bits per heavy atom. The third kappa shape index (κ3) is 3.05. The summed E-state index contributed by atoms with van der Waals surface area (Å²) >= 11 is 1.76. The number of rotatable bonds is 3. The number of thiophene rings is 1. The predicted molar refractivity (Wildman–Crippen MR) is 121 cm³/mol. The number of hydrogen-bond donors (Lipinski definition) is 0. The lowest BCUT2D eigenvalue weighted by Gasteiger charge is -2.32. The fourth-order valence-corrected chi connectivity index (χ4v) is 4.74. The van der Waals surface area contributed by atoms with Gasteiger partial charge in [-0.1, -0.05) is 48.5 Å². The molecule has 0 unspecified atom stereocenters. The van der Waals surface area contributed by atoms with E-state index >= 15 is 0 Å². The topological polar surface area (TPSA) is 31.6 Å². The Morgan fingerprint density at radius 3 is 2.07 bits per heavy atom. The van der Waals surface area contributed by atoms with Crippen molar-refractivity contribution in [3.8, 4) is 20.9 Å². The number of hydrogen-bond acceptors (Lipinski definition) is 4. The molecule has 1 aliphatic rings. The maximum absolute atomic E-state index is 6.32. The summed E-state index contributed by atoms with van der Waals surface area (Å²) in [6.45, 7) is 8.25. The van der Waals surface area contributed by atoms with Crippen LogP contribution in [-0.4, -0.2) is 18.3 Å². The van der Waals surface area contributed by atoms with Gasteiger partial charge in [0.05, 0.1) is 11.2 Å². The lowest BCUT2D eigenvalue weighted by atomic mass is 9.82. The van der Waals surface area contributed by atoms with Gasteiger partial charge in [0.1, 0.15) is 11.2 Å². The van der Waals surface area contributed by atoms with Gasteiger partial charge in [0.2, 0.25) is 0 Å².